The topological polar surface area (TPSA) is 91.8 Å². The van der Waals surface area contributed by atoms with Crippen molar-refractivity contribution in [3.8, 4) is 5.75 Å². The minimum absolute atomic E-state index is 0.0706. The fraction of sp³-hybridized carbons (Fsp3) is 0.458. The normalized spacial score (nSPS) is 17.9. The Morgan fingerprint density at radius 3 is 2.76 bits per heavy atom. The Kier molecular flexibility index (Phi) is 6.95. The number of anilines is 1. The predicted octanol–water partition coefficient (Wildman–Crippen LogP) is 3.60. The van der Waals surface area contributed by atoms with E-state index in [9.17, 15) is 22.8 Å². The number of carboxylic acids is 1. The summed E-state index contributed by atoms with van der Waals surface area (Å²) in [6.07, 6.45) is -2.39. The number of fused-ring (bicyclic) bond motifs is 2. The molecule has 0 bridgehead atoms. The van der Waals surface area contributed by atoms with Gasteiger partial charge in [-0.15, -0.1) is 0 Å². The predicted molar refractivity (Wildman–Crippen MR) is 118 cm³/mol. The van der Waals surface area contributed by atoms with Gasteiger partial charge in [0, 0.05) is 25.2 Å². The van der Waals surface area contributed by atoms with Gasteiger partial charge in [0.2, 0.25) is 5.91 Å². The standard InChI is InChI=1S/C24H26F3N3O4/c25-24(26,27)14-30-13-18-11-20(6-4-16(18)10-17(23(30)33)12-21(31)32)34-9-7-19-5-3-15-2-1-8-28-22(15)29-19/h3-6,11,17H,1-2,7-10,12-14H2,(H,28,29)(H,31,32). The molecule has 0 saturated carbocycles. The lowest BCUT2D eigenvalue weighted by atomic mass is 9.94. The molecule has 3 heterocycles. The fourth-order valence-corrected chi connectivity index (χ4v) is 4.43. The van der Waals surface area contributed by atoms with Gasteiger partial charge in [-0.2, -0.15) is 13.2 Å². The summed E-state index contributed by atoms with van der Waals surface area (Å²) in [6.45, 7) is -0.447. The number of aliphatic carboxylic acids is 1. The second-order valence-electron chi connectivity index (χ2n) is 8.68. The summed E-state index contributed by atoms with van der Waals surface area (Å²) < 4.78 is 45.1. The van der Waals surface area contributed by atoms with Gasteiger partial charge in [-0.25, -0.2) is 4.98 Å². The molecule has 2 N–H and O–H groups in total. The van der Waals surface area contributed by atoms with Crippen molar-refractivity contribution < 1.29 is 32.6 Å². The van der Waals surface area contributed by atoms with E-state index >= 15 is 0 Å². The number of pyridine rings is 1. The Balaban J connectivity index is 1.46. The smallest absolute Gasteiger partial charge is 0.406 e. The Hall–Kier alpha value is -3.30. The molecule has 0 saturated heterocycles. The van der Waals surface area contributed by atoms with Crippen LogP contribution < -0.4 is 10.1 Å². The van der Waals surface area contributed by atoms with Crippen LogP contribution in [0.5, 0.6) is 5.75 Å². The van der Waals surface area contributed by atoms with Gasteiger partial charge >= 0.3 is 12.1 Å². The van der Waals surface area contributed by atoms with Crippen molar-refractivity contribution in [2.45, 2.75) is 44.8 Å². The lowest BCUT2D eigenvalue weighted by molar-refractivity contribution is -0.165. The molecule has 2 aliphatic rings. The van der Waals surface area contributed by atoms with Crippen LogP contribution in [-0.2, 0) is 35.4 Å². The molecule has 10 heteroatoms. The molecule has 4 rings (SSSR count). The molecule has 0 spiro atoms. The van der Waals surface area contributed by atoms with E-state index in [0.29, 0.717) is 34.8 Å². The first-order chi connectivity index (χ1) is 16.2. The Labute approximate surface area is 194 Å². The third kappa shape index (κ3) is 5.98. The van der Waals surface area contributed by atoms with Crippen molar-refractivity contribution in [1.82, 2.24) is 9.88 Å². The van der Waals surface area contributed by atoms with Crippen molar-refractivity contribution in [2.24, 2.45) is 5.92 Å². The van der Waals surface area contributed by atoms with E-state index in [1.165, 1.54) is 5.56 Å². The molecule has 2 aliphatic heterocycles. The van der Waals surface area contributed by atoms with Gasteiger partial charge in [-0.3, -0.25) is 9.59 Å². The monoisotopic (exact) mass is 477 g/mol. The maximum atomic E-state index is 13.1. The van der Waals surface area contributed by atoms with Gasteiger partial charge in [0.05, 0.1) is 18.9 Å². The average molecular weight is 477 g/mol. The van der Waals surface area contributed by atoms with Crippen molar-refractivity contribution >= 4 is 17.7 Å². The maximum absolute atomic E-state index is 13.1. The number of carbonyl (C=O) groups is 2. The van der Waals surface area contributed by atoms with Gasteiger partial charge in [-0.1, -0.05) is 12.1 Å². The van der Waals surface area contributed by atoms with E-state index in [2.05, 4.69) is 16.4 Å². The molecule has 0 radical (unpaired) electrons. The second-order valence-corrected chi connectivity index (χ2v) is 8.68. The number of nitrogens with one attached hydrogen (secondary N) is 1. The number of alkyl halides is 3. The summed E-state index contributed by atoms with van der Waals surface area (Å²) in [5.41, 5.74) is 3.25. The number of hydrogen-bond acceptors (Lipinski definition) is 5. The molecule has 1 amide bonds. The van der Waals surface area contributed by atoms with Crippen LogP contribution in [0.4, 0.5) is 19.0 Å². The summed E-state index contributed by atoms with van der Waals surface area (Å²) in [5, 5.41) is 12.4. The van der Waals surface area contributed by atoms with E-state index in [-0.39, 0.29) is 13.0 Å². The minimum atomic E-state index is -4.58. The summed E-state index contributed by atoms with van der Waals surface area (Å²) in [5.74, 6) is -1.69. The van der Waals surface area contributed by atoms with E-state index in [0.717, 1.165) is 30.9 Å². The summed E-state index contributed by atoms with van der Waals surface area (Å²) in [4.78, 5) is 29.1. The average Bonchev–Trinajstić information content (AvgIpc) is 2.89. The number of carbonyl (C=O) groups excluding carboxylic acids is 1. The van der Waals surface area contributed by atoms with Crippen LogP contribution in [0.3, 0.4) is 0 Å². The molecular weight excluding hydrogens is 451 g/mol. The van der Waals surface area contributed by atoms with Crippen molar-refractivity contribution in [2.75, 3.05) is 25.0 Å². The van der Waals surface area contributed by atoms with Crippen molar-refractivity contribution in [3.05, 3.63) is 52.7 Å². The number of halogens is 3. The van der Waals surface area contributed by atoms with E-state index in [4.69, 9.17) is 9.84 Å². The number of rotatable bonds is 7. The van der Waals surface area contributed by atoms with Gasteiger partial charge in [-0.05, 0) is 54.2 Å². The van der Waals surface area contributed by atoms with Crippen LogP contribution in [0.2, 0.25) is 0 Å². The number of aromatic nitrogens is 1. The highest BCUT2D eigenvalue weighted by molar-refractivity contribution is 5.84. The summed E-state index contributed by atoms with van der Waals surface area (Å²) >= 11 is 0. The van der Waals surface area contributed by atoms with E-state index in [1.54, 1.807) is 18.2 Å². The second kappa shape index (κ2) is 9.90. The van der Waals surface area contributed by atoms with Crippen molar-refractivity contribution in [3.63, 3.8) is 0 Å². The van der Waals surface area contributed by atoms with Gasteiger partial charge in [0.15, 0.2) is 0 Å². The zero-order valence-corrected chi connectivity index (χ0v) is 18.5. The number of benzene rings is 1. The molecular formula is C24H26F3N3O4. The van der Waals surface area contributed by atoms with Crippen LogP contribution >= 0.6 is 0 Å². The van der Waals surface area contributed by atoms with Crippen LogP contribution in [0.1, 0.15) is 35.2 Å². The first kappa shape index (κ1) is 23.8. The Bertz CT molecular complexity index is 1070. The quantitative estimate of drug-likeness (QED) is 0.633. The number of nitrogens with zero attached hydrogens (tertiary/aromatic N) is 2. The van der Waals surface area contributed by atoms with E-state index in [1.807, 2.05) is 6.07 Å². The molecule has 182 valence electrons. The number of amides is 1. The molecule has 2 aromatic rings. The number of aryl methyl sites for hydroxylation is 1. The van der Waals surface area contributed by atoms with Crippen LogP contribution in [-0.4, -0.2) is 52.7 Å². The molecule has 7 nitrogen and oxygen atoms in total. The third-order valence-corrected chi connectivity index (χ3v) is 6.04. The maximum Gasteiger partial charge on any atom is 0.406 e. The molecule has 1 aromatic carbocycles. The molecule has 1 aromatic heterocycles. The molecule has 1 atom stereocenters. The first-order valence-electron chi connectivity index (χ1n) is 11.2. The highest BCUT2D eigenvalue weighted by Crippen LogP contribution is 2.30. The van der Waals surface area contributed by atoms with Crippen LogP contribution in [0.15, 0.2) is 30.3 Å². The van der Waals surface area contributed by atoms with Crippen molar-refractivity contribution in [1.29, 1.82) is 0 Å². The summed E-state index contributed by atoms with van der Waals surface area (Å²) in [7, 11) is 0. The van der Waals surface area contributed by atoms with Gasteiger partial charge < -0.3 is 20.1 Å². The zero-order valence-electron chi connectivity index (χ0n) is 18.5. The third-order valence-electron chi connectivity index (χ3n) is 6.04. The fourth-order valence-electron chi connectivity index (χ4n) is 4.43. The van der Waals surface area contributed by atoms with Crippen LogP contribution in [0.25, 0.3) is 0 Å². The number of carboxylic acid groups (broad SMARTS) is 1. The minimum Gasteiger partial charge on any atom is -0.493 e. The Morgan fingerprint density at radius 2 is 2.00 bits per heavy atom. The zero-order chi connectivity index (χ0) is 24.3. The van der Waals surface area contributed by atoms with Gasteiger partial charge in [0.25, 0.3) is 0 Å². The summed E-state index contributed by atoms with van der Waals surface area (Å²) in [6, 6.07) is 9.06. The molecule has 34 heavy (non-hydrogen) atoms. The first-order valence-corrected chi connectivity index (χ1v) is 11.2. The van der Waals surface area contributed by atoms with Crippen LogP contribution in [0, 0.1) is 5.92 Å². The lowest BCUT2D eigenvalue weighted by Gasteiger charge is -2.25. The number of ether oxygens (including phenoxy) is 1. The molecule has 0 aliphatic carbocycles. The van der Waals surface area contributed by atoms with Gasteiger partial charge in [0.1, 0.15) is 18.1 Å². The lowest BCUT2D eigenvalue weighted by Crippen LogP contribution is -2.41. The number of hydrogen-bond donors (Lipinski definition) is 2. The largest absolute Gasteiger partial charge is 0.493 e. The highest BCUT2D eigenvalue weighted by atomic mass is 19.4. The van der Waals surface area contributed by atoms with E-state index < -0.39 is 36.9 Å². The highest BCUT2D eigenvalue weighted by Gasteiger charge is 2.38. The molecule has 0 fully saturated rings. The SMILES string of the molecule is O=C(O)CC1Cc2ccc(OCCc3ccc4c(n3)NCCC4)cc2CN(CC(F)(F)F)C1=O. The Morgan fingerprint density at radius 1 is 1.21 bits per heavy atom. The molecule has 1 unspecified atom stereocenters.